The average molecular weight is 296 g/mol. The van der Waals surface area contributed by atoms with Gasteiger partial charge in [-0.25, -0.2) is 9.48 Å². The Bertz CT molecular complexity index is 483. The number of amides is 1. The van der Waals surface area contributed by atoms with E-state index in [1.807, 2.05) is 13.8 Å². The van der Waals surface area contributed by atoms with Crippen LogP contribution in [0, 0.1) is 0 Å². The molecule has 0 aromatic carbocycles. The number of aromatic nitrogens is 3. The summed E-state index contributed by atoms with van der Waals surface area (Å²) in [6.07, 6.45) is 1.96. The fraction of sp³-hybridized carbons (Fsp3) is 0.714. The summed E-state index contributed by atoms with van der Waals surface area (Å²) in [5.41, 5.74) is 0.812. The molecule has 0 saturated heterocycles. The highest BCUT2D eigenvalue weighted by Crippen LogP contribution is 2.18. The van der Waals surface area contributed by atoms with Gasteiger partial charge in [0.25, 0.3) is 0 Å². The summed E-state index contributed by atoms with van der Waals surface area (Å²) >= 11 is 0. The van der Waals surface area contributed by atoms with Crippen molar-refractivity contribution in [2.24, 2.45) is 0 Å². The van der Waals surface area contributed by atoms with Crippen molar-refractivity contribution in [1.82, 2.24) is 20.3 Å². The molecule has 118 valence electrons. The minimum atomic E-state index is -0.501. The Morgan fingerprint density at radius 3 is 2.62 bits per heavy atom. The quantitative estimate of drug-likeness (QED) is 0.580. The van der Waals surface area contributed by atoms with Crippen LogP contribution in [0.5, 0.6) is 0 Å². The Morgan fingerprint density at radius 1 is 1.33 bits per heavy atom. The number of carbonyl (C=O) groups excluding carboxylic acids is 2. The van der Waals surface area contributed by atoms with Gasteiger partial charge in [0.1, 0.15) is 6.54 Å². The van der Waals surface area contributed by atoms with E-state index in [2.05, 4.69) is 22.6 Å². The molecule has 0 aliphatic heterocycles. The van der Waals surface area contributed by atoms with E-state index in [0.29, 0.717) is 12.2 Å². The molecule has 1 heterocycles. The van der Waals surface area contributed by atoms with Crippen molar-refractivity contribution in [2.45, 2.75) is 53.0 Å². The summed E-state index contributed by atoms with van der Waals surface area (Å²) in [4.78, 5) is 23.7. The van der Waals surface area contributed by atoms with Gasteiger partial charge in [-0.05, 0) is 19.3 Å². The van der Waals surface area contributed by atoms with Crippen LogP contribution >= 0.6 is 0 Å². The topological polar surface area (TPSA) is 86.1 Å². The zero-order chi connectivity index (χ0) is 15.8. The minimum absolute atomic E-state index is 0.0165. The molecule has 0 unspecified atom stereocenters. The van der Waals surface area contributed by atoms with E-state index in [-0.39, 0.29) is 30.7 Å². The third kappa shape index (κ3) is 4.84. The van der Waals surface area contributed by atoms with Gasteiger partial charge in [-0.2, -0.15) is 0 Å². The largest absolute Gasteiger partial charge is 0.461 e. The van der Waals surface area contributed by atoms with Crippen LogP contribution in [0.2, 0.25) is 0 Å². The molecule has 0 aliphatic rings. The maximum Gasteiger partial charge on any atom is 0.360 e. The molecule has 7 nitrogen and oxygen atoms in total. The van der Waals surface area contributed by atoms with Crippen LogP contribution in [0.15, 0.2) is 0 Å². The Morgan fingerprint density at radius 2 is 2.05 bits per heavy atom. The molecule has 7 heteroatoms. The predicted molar refractivity (Wildman–Crippen MR) is 78.0 cm³/mol. The van der Waals surface area contributed by atoms with Gasteiger partial charge >= 0.3 is 5.97 Å². The second-order valence-electron chi connectivity index (χ2n) is 5.06. The van der Waals surface area contributed by atoms with Crippen LogP contribution in [-0.2, 0) is 16.1 Å². The smallest absolute Gasteiger partial charge is 0.360 e. The number of nitrogens with zero attached hydrogens (tertiary/aromatic N) is 3. The molecule has 21 heavy (non-hydrogen) atoms. The molecule has 1 N–H and O–H groups in total. The molecule has 1 aromatic rings. The van der Waals surface area contributed by atoms with Crippen molar-refractivity contribution in [3.63, 3.8) is 0 Å². The molecular weight excluding hydrogens is 272 g/mol. The van der Waals surface area contributed by atoms with Crippen molar-refractivity contribution in [1.29, 1.82) is 0 Å². The van der Waals surface area contributed by atoms with E-state index in [4.69, 9.17) is 4.74 Å². The molecule has 0 aliphatic carbocycles. The molecule has 0 bridgehead atoms. The van der Waals surface area contributed by atoms with E-state index < -0.39 is 5.97 Å². The highest BCUT2D eigenvalue weighted by Gasteiger charge is 2.23. The lowest BCUT2D eigenvalue weighted by Gasteiger charge is -2.10. The van der Waals surface area contributed by atoms with E-state index >= 15 is 0 Å². The summed E-state index contributed by atoms with van der Waals surface area (Å²) in [5.74, 6) is -0.618. The summed E-state index contributed by atoms with van der Waals surface area (Å²) in [5, 5.41) is 10.6. The average Bonchev–Trinajstić information content (AvgIpc) is 2.83. The first-order valence-corrected chi connectivity index (χ1v) is 7.38. The lowest BCUT2D eigenvalue weighted by molar-refractivity contribution is -0.121. The van der Waals surface area contributed by atoms with E-state index in [0.717, 1.165) is 12.8 Å². The summed E-state index contributed by atoms with van der Waals surface area (Å²) in [7, 11) is 0. The van der Waals surface area contributed by atoms with Crippen LogP contribution < -0.4 is 5.32 Å². The molecule has 1 aromatic heterocycles. The van der Waals surface area contributed by atoms with Gasteiger partial charge in [0.15, 0.2) is 5.69 Å². The Balaban J connectivity index is 2.83. The summed E-state index contributed by atoms with van der Waals surface area (Å²) < 4.78 is 6.43. The minimum Gasteiger partial charge on any atom is -0.461 e. The second kappa shape index (κ2) is 8.39. The highest BCUT2D eigenvalue weighted by molar-refractivity contribution is 5.88. The zero-order valence-corrected chi connectivity index (χ0v) is 13.2. The van der Waals surface area contributed by atoms with E-state index in [1.165, 1.54) is 4.68 Å². The van der Waals surface area contributed by atoms with Crippen molar-refractivity contribution in [3.8, 4) is 0 Å². The SMILES string of the molecule is CCCCNC(=O)Cn1nnc(C(=O)OCC)c1C(C)C. The number of hydrogen-bond donors (Lipinski definition) is 1. The van der Waals surface area contributed by atoms with Crippen LogP contribution in [0.3, 0.4) is 0 Å². The number of esters is 1. The summed E-state index contributed by atoms with van der Waals surface area (Å²) in [6, 6.07) is 0. The van der Waals surface area contributed by atoms with Crippen molar-refractivity contribution >= 4 is 11.9 Å². The standard InChI is InChI=1S/C14H24N4O3/c1-5-7-8-15-11(19)9-18-13(10(3)4)12(16-17-18)14(20)21-6-2/h10H,5-9H2,1-4H3,(H,15,19). The lowest BCUT2D eigenvalue weighted by atomic mass is 10.1. The number of hydrogen-bond acceptors (Lipinski definition) is 5. The maximum absolute atomic E-state index is 11.9. The highest BCUT2D eigenvalue weighted by atomic mass is 16.5. The van der Waals surface area contributed by atoms with E-state index in [1.54, 1.807) is 6.92 Å². The van der Waals surface area contributed by atoms with Gasteiger partial charge in [0.05, 0.1) is 12.3 Å². The molecule has 0 spiro atoms. The van der Waals surface area contributed by atoms with Crippen LogP contribution in [0.1, 0.15) is 62.6 Å². The number of carbonyl (C=O) groups is 2. The predicted octanol–water partition coefficient (Wildman–Crippen LogP) is 1.49. The molecule has 1 rings (SSSR count). The van der Waals surface area contributed by atoms with Crippen LogP contribution in [-0.4, -0.2) is 40.0 Å². The first kappa shape index (κ1) is 17.1. The first-order valence-electron chi connectivity index (χ1n) is 7.38. The normalized spacial score (nSPS) is 10.7. The van der Waals surface area contributed by atoms with Gasteiger partial charge in [0.2, 0.25) is 5.91 Å². The maximum atomic E-state index is 11.9. The van der Waals surface area contributed by atoms with Gasteiger partial charge in [-0.3, -0.25) is 4.79 Å². The Kier molecular flexibility index (Phi) is 6.84. The summed E-state index contributed by atoms with van der Waals surface area (Å²) in [6.45, 7) is 8.63. The fourth-order valence-electron chi connectivity index (χ4n) is 1.95. The van der Waals surface area contributed by atoms with Gasteiger partial charge < -0.3 is 10.1 Å². The van der Waals surface area contributed by atoms with Crippen molar-refractivity contribution in [2.75, 3.05) is 13.2 Å². The number of nitrogens with one attached hydrogen (secondary N) is 1. The molecule has 0 atom stereocenters. The molecule has 0 fully saturated rings. The molecular formula is C14H24N4O3. The number of unbranched alkanes of at least 4 members (excludes halogenated alkanes) is 1. The monoisotopic (exact) mass is 296 g/mol. The van der Waals surface area contributed by atoms with Crippen molar-refractivity contribution in [3.05, 3.63) is 11.4 Å². The van der Waals surface area contributed by atoms with Gasteiger partial charge in [-0.15, -0.1) is 5.10 Å². The molecule has 0 radical (unpaired) electrons. The molecule has 0 saturated carbocycles. The van der Waals surface area contributed by atoms with Crippen LogP contribution in [0.25, 0.3) is 0 Å². The first-order chi connectivity index (χ1) is 10.0. The Hall–Kier alpha value is -1.92. The number of ether oxygens (including phenoxy) is 1. The third-order valence-electron chi connectivity index (χ3n) is 2.93. The lowest BCUT2D eigenvalue weighted by Crippen LogP contribution is -2.29. The van der Waals surface area contributed by atoms with Gasteiger partial charge in [0, 0.05) is 6.54 Å². The second-order valence-corrected chi connectivity index (χ2v) is 5.06. The Labute approximate surface area is 125 Å². The zero-order valence-electron chi connectivity index (χ0n) is 13.2. The molecule has 1 amide bonds. The number of rotatable bonds is 8. The third-order valence-corrected chi connectivity index (χ3v) is 2.93. The van der Waals surface area contributed by atoms with Gasteiger partial charge in [-0.1, -0.05) is 32.4 Å². The van der Waals surface area contributed by atoms with E-state index in [9.17, 15) is 9.59 Å². The van der Waals surface area contributed by atoms with Crippen molar-refractivity contribution < 1.29 is 14.3 Å². The van der Waals surface area contributed by atoms with Crippen LogP contribution in [0.4, 0.5) is 0 Å². The fourth-order valence-corrected chi connectivity index (χ4v) is 1.95.